The van der Waals surface area contributed by atoms with Gasteiger partial charge < -0.3 is 25.1 Å². The standard InChI is InChI=1S/C20H27NO4.ClH/c1-13(2)20(22)19(21)15-10-17(23-3)18(24-4)11-16(15)25-12-14-8-6-5-7-9-14;/h5-11,13,19-20,22H,12,21H2,1-4H3;1H/t19-,20+;/m1./s1. The second kappa shape index (κ2) is 10.3. The number of methoxy groups -OCH3 is 2. The van der Waals surface area contributed by atoms with E-state index in [1.165, 1.54) is 0 Å². The van der Waals surface area contributed by atoms with E-state index >= 15 is 0 Å². The minimum absolute atomic E-state index is 0. The zero-order valence-electron chi connectivity index (χ0n) is 15.6. The van der Waals surface area contributed by atoms with Crippen molar-refractivity contribution in [3.8, 4) is 17.2 Å². The van der Waals surface area contributed by atoms with Crippen LogP contribution in [-0.2, 0) is 6.61 Å². The summed E-state index contributed by atoms with van der Waals surface area (Å²) < 4.78 is 16.7. The van der Waals surface area contributed by atoms with E-state index in [9.17, 15) is 5.11 Å². The Labute approximate surface area is 161 Å². The first-order valence-corrected chi connectivity index (χ1v) is 8.34. The van der Waals surface area contributed by atoms with Gasteiger partial charge in [-0.1, -0.05) is 44.2 Å². The summed E-state index contributed by atoms with van der Waals surface area (Å²) in [6, 6.07) is 12.8. The normalized spacial score (nSPS) is 12.9. The molecular formula is C20H28ClNO4. The van der Waals surface area contributed by atoms with E-state index in [0.29, 0.717) is 29.4 Å². The van der Waals surface area contributed by atoms with Gasteiger partial charge in [-0.05, 0) is 17.5 Å². The fraction of sp³-hybridized carbons (Fsp3) is 0.400. The summed E-state index contributed by atoms with van der Waals surface area (Å²) in [5, 5.41) is 10.4. The first-order valence-electron chi connectivity index (χ1n) is 8.34. The number of ether oxygens (including phenoxy) is 3. The highest BCUT2D eigenvalue weighted by Crippen LogP contribution is 2.38. The van der Waals surface area contributed by atoms with E-state index in [-0.39, 0.29) is 18.3 Å². The predicted molar refractivity (Wildman–Crippen MR) is 105 cm³/mol. The van der Waals surface area contributed by atoms with Crippen molar-refractivity contribution < 1.29 is 19.3 Å². The van der Waals surface area contributed by atoms with Crippen LogP contribution in [0.1, 0.15) is 31.0 Å². The Kier molecular flexibility index (Phi) is 8.72. The third-order valence-corrected chi connectivity index (χ3v) is 4.16. The van der Waals surface area contributed by atoms with Gasteiger partial charge in [0.05, 0.1) is 26.4 Å². The van der Waals surface area contributed by atoms with Crippen molar-refractivity contribution in [2.45, 2.75) is 32.6 Å². The number of halogens is 1. The van der Waals surface area contributed by atoms with E-state index in [1.54, 1.807) is 26.4 Å². The number of aliphatic hydroxyl groups is 1. The van der Waals surface area contributed by atoms with Crippen LogP contribution in [0.3, 0.4) is 0 Å². The molecule has 0 aliphatic carbocycles. The monoisotopic (exact) mass is 381 g/mol. The van der Waals surface area contributed by atoms with Crippen molar-refractivity contribution in [3.63, 3.8) is 0 Å². The molecule has 144 valence electrons. The average Bonchev–Trinajstić information content (AvgIpc) is 2.65. The second-order valence-electron chi connectivity index (χ2n) is 6.28. The van der Waals surface area contributed by atoms with E-state index in [2.05, 4.69) is 0 Å². The fourth-order valence-corrected chi connectivity index (χ4v) is 2.60. The number of rotatable bonds is 8. The summed E-state index contributed by atoms with van der Waals surface area (Å²) in [4.78, 5) is 0. The topological polar surface area (TPSA) is 73.9 Å². The molecule has 2 aromatic carbocycles. The van der Waals surface area contributed by atoms with Gasteiger partial charge in [-0.25, -0.2) is 0 Å². The van der Waals surface area contributed by atoms with E-state index in [4.69, 9.17) is 19.9 Å². The summed E-state index contributed by atoms with van der Waals surface area (Å²) in [6.07, 6.45) is -0.697. The molecule has 0 unspecified atom stereocenters. The SMILES string of the molecule is COc1cc(OCc2ccccc2)c([C@@H](N)[C@@H](O)C(C)C)cc1OC.Cl. The average molecular weight is 382 g/mol. The summed E-state index contributed by atoms with van der Waals surface area (Å²) in [7, 11) is 3.14. The van der Waals surface area contributed by atoms with Crippen molar-refractivity contribution in [1.29, 1.82) is 0 Å². The van der Waals surface area contributed by atoms with Crippen molar-refractivity contribution in [1.82, 2.24) is 0 Å². The quantitative estimate of drug-likeness (QED) is 0.728. The van der Waals surface area contributed by atoms with Gasteiger partial charge in [-0.3, -0.25) is 0 Å². The molecule has 0 aliphatic heterocycles. The van der Waals surface area contributed by atoms with Gasteiger partial charge in [-0.2, -0.15) is 0 Å². The highest BCUT2D eigenvalue weighted by Gasteiger charge is 2.25. The smallest absolute Gasteiger partial charge is 0.164 e. The third kappa shape index (κ3) is 5.27. The zero-order chi connectivity index (χ0) is 18.4. The van der Waals surface area contributed by atoms with Gasteiger partial charge in [0.1, 0.15) is 12.4 Å². The second-order valence-corrected chi connectivity index (χ2v) is 6.28. The molecule has 0 aromatic heterocycles. The Balaban J connectivity index is 0.00000338. The first kappa shape index (κ1) is 22.1. The largest absolute Gasteiger partial charge is 0.493 e. The molecule has 26 heavy (non-hydrogen) atoms. The Morgan fingerprint density at radius 2 is 1.54 bits per heavy atom. The Bertz CT molecular complexity index is 679. The molecule has 0 heterocycles. The third-order valence-electron chi connectivity index (χ3n) is 4.16. The lowest BCUT2D eigenvalue weighted by molar-refractivity contribution is 0.0963. The maximum absolute atomic E-state index is 10.4. The fourth-order valence-electron chi connectivity index (χ4n) is 2.60. The zero-order valence-corrected chi connectivity index (χ0v) is 16.5. The lowest BCUT2D eigenvalue weighted by Gasteiger charge is -2.25. The number of nitrogens with two attached hydrogens (primary N) is 1. The molecule has 5 nitrogen and oxygen atoms in total. The summed E-state index contributed by atoms with van der Waals surface area (Å²) in [5.74, 6) is 1.70. The lowest BCUT2D eigenvalue weighted by atomic mass is 9.93. The summed E-state index contributed by atoms with van der Waals surface area (Å²) >= 11 is 0. The highest BCUT2D eigenvalue weighted by atomic mass is 35.5. The van der Waals surface area contributed by atoms with Gasteiger partial charge in [0.25, 0.3) is 0 Å². The van der Waals surface area contributed by atoms with Crippen LogP contribution in [0.5, 0.6) is 17.2 Å². The molecule has 3 N–H and O–H groups in total. The van der Waals surface area contributed by atoms with Crippen LogP contribution in [0.25, 0.3) is 0 Å². The molecule has 2 atom stereocenters. The molecule has 0 spiro atoms. The molecule has 2 rings (SSSR count). The van der Waals surface area contributed by atoms with E-state index in [1.807, 2.05) is 44.2 Å². The maximum Gasteiger partial charge on any atom is 0.164 e. The summed E-state index contributed by atoms with van der Waals surface area (Å²) in [6.45, 7) is 4.25. The minimum Gasteiger partial charge on any atom is -0.493 e. The lowest BCUT2D eigenvalue weighted by Crippen LogP contribution is -2.31. The molecule has 0 saturated carbocycles. The molecule has 6 heteroatoms. The van der Waals surface area contributed by atoms with Gasteiger partial charge in [0.2, 0.25) is 0 Å². The maximum atomic E-state index is 10.4. The molecular weight excluding hydrogens is 354 g/mol. The van der Waals surface area contributed by atoms with E-state index in [0.717, 1.165) is 5.56 Å². The van der Waals surface area contributed by atoms with Crippen molar-refractivity contribution in [3.05, 3.63) is 53.6 Å². The van der Waals surface area contributed by atoms with Gasteiger partial charge in [-0.15, -0.1) is 12.4 Å². The van der Waals surface area contributed by atoms with Crippen molar-refractivity contribution in [2.24, 2.45) is 11.7 Å². The highest BCUT2D eigenvalue weighted by molar-refractivity contribution is 5.85. The number of hydrogen-bond donors (Lipinski definition) is 2. The number of benzene rings is 2. The van der Waals surface area contributed by atoms with E-state index < -0.39 is 12.1 Å². The molecule has 0 saturated heterocycles. The molecule has 0 aliphatic rings. The Morgan fingerprint density at radius 3 is 2.08 bits per heavy atom. The number of hydrogen-bond acceptors (Lipinski definition) is 5. The van der Waals surface area contributed by atoms with Gasteiger partial charge in [0.15, 0.2) is 11.5 Å². The molecule has 0 bridgehead atoms. The van der Waals surface area contributed by atoms with Crippen LogP contribution in [0.2, 0.25) is 0 Å². The first-order chi connectivity index (χ1) is 12.0. The van der Waals surface area contributed by atoms with Crippen LogP contribution in [0.4, 0.5) is 0 Å². The van der Waals surface area contributed by atoms with Crippen LogP contribution < -0.4 is 19.9 Å². The predicted octanol–water partition coefficient (Wildman–Crippen LogP) is 3.72. The van der Waals surface area contributed by atoms with Crippen LogP contribution in [0.15, 0.2) is 42.5 Å². The molecule has 0 amide bonds. The minimum atomic E-state index is -0.697. The van der Waals surface area contributed by atoms with Gasteiger partial charge in [0, 0.05) is 11.6 Å². The molecule has 2 aromatic rings. The summed E-state index contributed by atoms with van der Waals surface area (Å²) in [5.41, 5.74) is 8.03. The molecule has 0 radical (unpaired) electrons. The Morgan fingerprint density at radius 1 is 0.962 bits per heavy atom. The van der Waals surface area contributed by atoms with Crippen LogP contribution in [0, 0.1) is 5.92 Å². The van der Waals surface area contributed by atoms with Crippen LogP contribution in [-0.4, -0.2) is 25.4 Å². The molecule has 0 fully saturated rings. The number of aliphatic hydroxyl groups excluding tert-OH is 1. The Hall–Kier alpha value is -1.95. The van der Waals surface area contributed by atoms with Crippen molar-refractivity contribution in [2.75, 3.05) is 14.2 Å². The van der Waals surface area contributed by atoms with Gasteiger partial charge >= 0.3 is 0 Å². The van der Waals surface area contributed by atoms with Crippen LogP contribution >= 0.6 is 12.4 Å². The van der Waals surface area contributed by atoms with Crippen molar-refractivity contribution >= 4 is 12.4 Å².